The second-order valence-corrected chi connectivity index (χ2v) is 9.40. The summed E-state index contributed by atoms with van der Waals surface area (Å²) in [7, 11) is 0. The number of nitrogens with zero attached hydrogens (tertiary/aromatic N) is 5. The molecule has 0 aliphatic heterocycles. The van der Waals surface area contributed by atoms with E-state index in [1.54, 1.807) is 25.4 Å². The number of anilines is 1. The Labute approximate surface area is 207 Å². The third-order valence-corrected chi connectivity index (χ3v) is 7.01. The molecule has 0 unspecified atom stereocenters. The third kappa shape index (κ3) is 5.79. The molecule has 2 atom stereocenters. The van der Waals surface area contributed by atoms with Gasteiger partial charge in [-0.05, 0) is 49.9 Å². The fraction of sp³-hybridized carbons (Fsp3) is 0.417. The maximum Gasteiger partial charge on any atom is 0.296 e. The highest BCUT2D eigenvalue weighted by atomic mass is 32.2. The van der Waals surface area contributed by atoms with Crippen LogP contribution in [0.25, 0.3) is 11.4 Å². The highest BCUT2D eigenvalue weighted by Crippen LogP contribution is 2.39. The number of pyridine rings is 1. The summed E-state index contributed by atoms with van der Waals surface area (Å²) in [4.78, 5) is 27.9. The predicted molar refractivity (Wildman–Crippen MR) is 134 cm³/mol. The largest absolute Gasteiger partial charge is 0.494 e. The van der Waals surface area contributed by atoms with Crippen LogP contribution in [0.2, 0.25) is 0 Å². The molecule has 35 heavy (non-hydrogen) atoms. The normalized spacial score (nSPS) is 17.7. The summed E-state index contributed by atoms with van der Waals surface area (Å²) in [6.07, 6.45) is 7.96. The molecule has 3 aromatic rings. The van der Waals surface area contributed by atoms with E-state index < -0.39 is 4.92 Å². The molecule has 2 aromatic heterocycles. The fourth-order valence-corrected chi connectivity index (χ4v) is 5.18. The van der Waals surface area contributed by atoms with Crippen LogP contribution >= 0.6 is 11.8 Å². The number of nitrogens with one attached hydrogen (secondary N) is 1. The van der Waals surface area contributed by atoms with E-state index in [1.807, 2.05) is 12.1 Å². The Morgan fingerprint density at radius 1 is 1.29 bits per heavy atom. The van der Waals surface area contributed by atoms with Crippen LogP contribution in [0.4, 0.5) is 11.4 Å². The summed E-state index contributed by atoms with van der Waals surface area (Å²) in [5, 5.41) is 23.6. The van der Waals surface area contributed by atoms with Crippen LogP contribution in [0.3, 0.4) is 0 Å². The van der Waals surface area contributed by atoms with E-state index in [2.05, 4.69) is 32.0 Å². The molecule has 2 heterocycles. The van der Waals surface area contributed by atoms with E-state index in [4.69, 9.17) is 4.74 Å². The van der Waals surface area contributed by atoms with Crippen LogP contribution in [0.1, 0.15) is 45.6 Å². The highest BCUT2D eigenvalue weighted by Gasteiger charge is 2.29. The molecule has 11 heteroatoms. The van der Waals surface area contributed by atoms with Gasteiger partial charge in [0.25, 0.3) is 5.69 Å². The quantitative estimate of drug-likeness (QED) is 0.246. The first-order valence-electron chi connectivity index (χ1n) is 11.7. The highest BCUT2D eigenvalue weighted by molar-refractivity contribution is 7.99. The number of hydrogen-bond donors (Lipinski definition) is 1. The van der Waals surface area contributed by atoms with Crippen LogP contribution in [0.5, 0.6) is 5.75 Å². The smallest absolute Gasteiger partial charge is 0.296 e. The van der Waals surface area contributed by atoms with Gasteiger partial charge in [-0.3, -0.25) is 24.5 Å². The van der Waals surface area contributed by atoms with Gasteiger partial charge in [0.05, 0.1) is 23.3 Å². The van der Waals surface area contributed by atoms with E-state index in [0.717, 1.165) is 30.7 Å². The van der Waals surface area contributed by atoms with Crippen molar-refractivity contribution in [3.8, 4) is 17.1 Å². The maximum absolute atomic E-state index is 12.7. The van der Waals surface area contributed by atoms with Crippen LogP contribution in [0.15, 0.2) is 47.9 Å². The lowest BCUT2D eigenvalue weighted by Gasteiger charge is -2.31. The Balaban J connectivity index is 1.53. The van der Waals surface area contributed by atoms with Crippen molar-refractivity contribution in [3.05, 3.63) is 52.8 Å². The van der Waals surface area contributed by atoms with Crippen LogP contribution in [-0.4, -0.2) is 42.9 Å². The van der Waals surface area contributed by atoms with Crippen LogP contribution < -0.4 is 10.1 Å². The van der Waals surface area contributed by atoms with Gasteiger partial charge in [0.1, 0.15) is 11.4 Å². The molecule has 184 valence electrons. The molecule has 1 amide bonds. The van der Waals surface area contributed by atoms with E-state index >= 15 is 0 Å². The Morgan fingerprint density at radius 3 is 2.83 bits per heavy atom. The lowest BCUT2D eigenvalue weighted by Crippen LogP contribution is -2.23. The van der Waals surface area contributed by atoms with Gasteiger partial charge < -0.3 is 10.1 Å². The summed E-state index contributed by atoms with van der Waals surface area (Å²) >= 11 is 1.27. The number of aromatic nitrogens is 4. The molecule has 0 saturated heterocycles. The molecular weight excluding hydrogens is 468 g/mol. The Kier molecular flexibility index (Phi) is 7.96. The lowest BCUT2D eigenvalue weighted by molar-refractivity contribution is -0.384. The van der Waals surface area contributed by atoms with E-state index in [9.17, 15) is 14.9 Å². The molecule has 0 bridgehead atoms. The Hall–Kier alpha value is -3.47. The third-order valence-electron chi connectivity index (χ3n) is 6.07. The molecule has 1 saturated carbocycles. The molecule has 1 aliphatic carbocycles. The SMILES string of the molecule is CCOc1ccc(NC(=O)CSc2nnc(-c3cccnc3)n2[C@H]2CCCC[C@@H]2C)c([N+](=O)[O-])c1. The minimum Gasteiger partial charge on any atom is -0.494 e. The lowest BCUT2D eigenvalue weighted by atomic mass is 9.85. The molecule has 0 spiro atoms. The summed E-state index contributed by atoms with van der Waals surface area (Å²) in [6.45, 7) is 4.43. The number of benzene rings is 1. The average molecular weight is 497 g/mol. The molecule has 1 aliphatic rings. The van der Waals surface area contributed by atoms with Crippen molar-refractivity contribution in [1.82, 2.24) is 19.7 Å². The minimum atomic E-state index is -0.535. The zero-order chi connectivity index (χ0) is 24.8. The van der Waals surface area contributed by atoms with Gasteiger partial charge in [-0.2, -0.15) is 0 Å². The molecule has 1 N–H and O–H groups in total. The number of ether oxygens (including phenoxy) is 1. The van der Waals surface area contributed by atoms with Gasteiger partial charge in [0, 0.05) is 24.0 Å². The van der Waals surface area contributed by atoms with Gasteiger partial charge in [-0.25, -0.2) is 0 Å². The number of amides is 1. The zero-order valence-electron chi connectivity index (χ0n) is 19.7. The number of thioether (sulfide) groups is 1. The summed E-state index contributed by atoms with van der Waals surface area (Å²) in [5.41, 5.74) is 0.786. The van der Waals surface area contributed by atoms with Crippen molar-refractivity contribution >= 4 is 29.0 Å². The van der Waals surface area contributed by atoms with E-state index in [1.165, 1.54) is 30.3 Å². The maximum atomic E-state index is 12.7. The first-order chi connectivity index (χ1) is 17.0. The van der Waals surface area contributed by atoms with Crippen molar-refractivity contribution < 1.29 is 14.5 Å². The van der Waals surface area contributed by atoms with Gasteiger partial charge in [-0.1, -0.05) is 31.5 Å². The van der Waals surface area contributed by atoms with Gasteiger partial charge in [-0.15, -0.1) is 10.2 Å². The molecular formula is C24H28N6O4S. The zero-order valence-corrected chi connectivity index (χ0v) is 20.5. The number of hydrogen-bond acceptors (Lipinski definition) is 8. The molecule has 0 radical (unpaired) electrons. The van der Waals surface area contributed by atoms with E-state index in [-0.39, 0.29) is 29.1 Å². The topological polar surface area (TPSA) is 125 Å². The van der Waals surface area contributed by atoms with Crippen LogP contribution in [-0.2, 0) is 4.79 Å². The number of nitro groups is 1. The minimum absolute atomic E-state index is 0.0383. The first-order valence-corrected chi connectivity index (χ1v) is 12.7. The molecule has 1 fully saturated rings. The second-order valence-electron chi connectivity index (χ2n) is 8.45. The van der Waals surface area contributed by atoms with Gasteiger partial charge in [0.15, 0.2) is 11.0 Å². The van der Waals surface area contributed by atoms with E-state index in [0.29, 0.717) is 23.4 Å². The fourth-order valence-electron chi connectivity index (χ4n) is 4.39. The van der Waals surface area contributed by atoms with Crippen LogP contribution in [0, 0.1) is 16.0 Å². The summed E-state index contributed by atoms with van der Waals surface area (Å²) in [6, 6.07) is 8.44. The average Bonchev–Trinajstić information content (AvgIpc) is 3.28. The Bertz CT molecular complexity index is 1190. The van der Waals surface area contributed by atoms with Gasteiger partial charge in [0.2, 0.25) is 5.91 Å². The summed E-state index contributed by atoms with van der Waals surface area (Å²) in [5.74, 6) is 1.24. The van der Waals surface area contributed by atoms with Crippen molar-refractivity contribution in [3.63, 3.8) is 0 Å². The number of nitro benzene ring substituents is 1. The van der Waals surface area contributed by atoms with Gasteiger partial charge >= 0.3 is 0 Å². The molecule has 1 aromatic carbocycles. The number of carbonyl (C=O) groups is 1. The van der Waals surface area contributed by atoms with Crippen molar-refractivity contribution in [2.24, 2.45) is 5.92 Å². The Morgan fingerprint density at radius 2 is 2.11 bits per heavy atom. The molecule has 4 rings (SSSR count). The van der Waals surface area contributed by atoms with Crippen molar-refractivity contribution in [1.29, 1.82) is 0 Å². The van der Waals surface area contributed by atoms with Crippen molar-refractivity contribution in [2.75, 3.05) is 17.7 Å². The first kappa shape index (κ1) is 24.6. The number of carbonyl (C=O) groups excluding carboxylic acids is 1. The van der Waals surface area contributed by atoms with Crippen molar-refractivity contribution in [2.45, 2.75) is 50.7 Å². The number of rotatable bonds is 9. The summed E-state index contributed by atoms with van der Waals surface area (Å²) < 4.78 is 7.47. The standard InChI is InChI=1S/C24H28N6O4S/c1-3-34-18-10-11-19(21(13-18)30(32)33)26-22(31)15-35-24-28-27-23(17-8-6-12-25-14-17)29(24)20-9-5-4-7-16(20)2/h6,8,10-14,16,20H,3-5,7,9,15H2,1-2H3,(H,26,31)/t16-,20-/m0/s1. The molecule has 10 nitrogen and oxygen atoms in total. The second kappa shape index (κ2) is 11.3. The predicted octanol–water partition coefficient (Wildman–Crippen LogP) is 5.13. The monoisotopic (exact) mass is 496 g/mol.